The quantitative estimate of drug-likeness (QED) is 0.901. The average molecular weight is 365 g/mol. The number of piperazine rings is 1. The van der Waals surface area contributed by atoms with Crippen LogP contribution in [0.2, 0.25) is 0 Å². The third-order valence-electron chi connectivity index (χ3n) is 5.60. The summed E-state index contributed by atoms with van der Waals surface area (Å²) in [7, 11) is 0. The van der Waals surface area contributed by atoms with E-state index in [2.05, 4.69) is 49.4 Å². The highest BCUT2D eigenvalue weighted by molar-refractivity contribution is 5.92. The van der Waals surface area contributed by atoms with Gasteiger partial charge in [0.25, 0.3) is 0 Å². The molecule has 1 aliphatic heterocycles. The van der Waals surface area contributed by atoms with E-state index in [9.17, 15) is 4.79 Å². The first-order valence-corrected chi connectivity index (χ1v) is 9.97. The minimum absolute atomic E-state index is 0.105. The van der Waals surface area contributed by atoms with Gasteiger partial charge in [-0.05, 0) is 25.0 Å². The van der Waals surface area contributed by atoms with Gasteiger partial charge in [-0.15, -0.1) is 0 Å². The van der Waals surface area contributed by atoms with E-state index in [-0.39, 0.29) is 11.8 Å². The first-order chi connectivity index (χ1) is 13.3. The Bertz CT molecular complexity index is 752. The Kier molecular flexibility index (Phi) is 5.51. The lowest BCUT2D eigenvalue weighted by atomic mass is 9.89. The summed E-state index contributed by atoms with van der Waals surface area (Å²) >= 11 is 0. The van der Waals surface area contributed by atoms with Gasteiger partial charge in [-0.2, -0.15) is 0 Å². The molecule has 1 aromatic heterocycles. The molecule has 6 heteroatoms. The highest BCUT2D eigenvalue weighted by Crippen LogP contribution is 2.25. The molecule has 0 unspecified atom stereocenters. The van der Waals surface area contributed by atoms with Crippen LogP contribution in [0.1, 0.15) is 32.1 Å². The molecule has 2 aliphatic rings. The van der Waals surface area contributed by atoms with E-state index in [0.717, 1.165) is 57.7 Å². The number of para-hydroxylation sites is 1. The Balaban J connectivity index is 1.36. The van der Waals surface area contributed by atoms with E-state index in [4.69, 9.17) is 0 Å². The second-order valence-electron chi connectivity index (χ2n) is 7.40. The van der Waals surface area contributed by atoms with Gasteiger partial charge in [-0.1, -0.05) is 37.5 Å². The molecule has 2 heterocycles. The molecule has 2 aromatic rings. The van der Waals surface area contributed by atoms with Gasteiger partial charge < -0.3 is 15.1 Å². The van der Waals surface area contributed by atoms with Crippen molar-refractivity contribution in [1.29, 1.82) is 0 Å². The number of aromatic nitrogens is 2. The fraction of sp³-hybridized carbons (Fsp3) is 0.476. The summed E-state index contributed by atoms with van der Waals surface area (Å²) in [4.78, 5) is 25.8. The van der Waals surface area contributed by atoms with Crippen LogP contribution >= 0.6 is 0 Å². The van der Waals surface area contributed by atoms with Crippen molar-refractivity contribution in [3.8, 4) is 0 Å². The van der Waals surface area contributed by atoms with E-state index in [1.54, 1.807) is 6.33 Å². The first kappa shape index (κ1) is 17.8. The predicted molar refractivity (Wildman–Crippen MR) is 108 cm³/mol. The number of rotatable bonds is 4. The molecule has 0 radical (unpaired) electrons. The van der Waals surface area contributed by atoms with Gasteiger partial charge in [-0.3, -0.25) is 4.79 Å². The number of nitrogens with zero attached hydrogens (tertiary/aromatic N) is 4. The number of hydrogen-bond acceptors (Lipinski definition) is 5. The Morgan fingerprint density at radius 1 is 0.926 bits per heavy atom. The summed E-state index contributed by atoms with van der Waals surface area (Å²) in [6, 6.07) is 12.4. The van der Waals surface area contributed by atoms with Crippen molar-refractivity contribution < 1.29 is 4.79 Å². The van der Waals surface area contributed by atoms with E-state index in [1.165, 1.54) is 12.1 Å². The number of benzene rings is 1. The van der Waals surface area contributed by atoms with Crippen LogP contribution in [0, 0.1) is 5.92 Å². The lowest BCUT2D eigenvalue weighted by Gasteiger charge is -2.36. The van der Waals surface area contributed by atoms with Crippen LogP contribution in [0.5, 0.6) is 0 Å². The number of carbonyl (C=O) groups is 1. The standard InChI is InChI=1S/C21H27N5O/c27-21(17-7-3-1-4-8-17)24-19-15-20(23-16-22-19)26-13-11-25(12-14-26)18-9-5-2-6-10-18/h2,5-6,9-10,15-17H,1,3-4,7-8,11-14H2,(H,22,23,24,27). The van der Waals surface area contributed by atoms with Crippen LogP contribution in [0.3, 0.4) is 0 Å². The minimum Gasteiger partial charge on any atom is -0.368 e. The monoisotopic (exact) mass is 365 g/mol. The Morgan fingerprint density at radius 3 is 2.37 bits per heavy atom. The Hall–Kier alpha value is -2.63. The number of nitrogens with one attached hydrogen (secondary N) is 1. The van der Waals surface area contributed by atoms with Crippen LogP contribution in [-0.2, 0) is 4.79 Å². The second-order valence-corrected chi connectivity index (χ2v) is 7.40. The van der Waals surface area contributed by atoms with Gasteiger partial charge in [0.05, 0.1) is 0 Å². The van der Waals surface area contributed by atoms with E-state index in [0.29, 0.717) is 5.82 Å². The zero-order chi connectivity index (χ0) is 18.5. The summed E-state index contributed by atoms with van der Waals surface area (Å²) in [5, 5.41) is 3.00. The SMILES string of the molecule is O=C(Nc1cc(N2CCN(c3ccccc3)CC2)ncn1)C1CCCCC1. The molecule has 1 amide bonds. The number of anilines is 3. The predicted octanol–water partition coefficient (Wildman–Crippen LogP) is 3.32. The lowest BCUT2D eigenvalue weighted by molar-refractivity contribution is -0.120. The molecule has 6 nitrogen and oxygen atoms in total. The third-order valence-corrected chi connectivity index (χ3v) is 5.60. The van der Waals surface area contributed by atoms with Crippen molar-refractivity contribution in [3.05, 3.63) is 42.7 Å². The molecule has 1 aromatic carbocycles. The zero-order valence-corrected chi connectivity index (χ0v) is 15.7. The van der Waals surface area contributed by atoms with Crippen LogP contribution in [-0.4, -0.2) is 42.1 Å². The summed E-state index contributed by atoms with van der Waals surface area (Å²) < 4.78 is 0. The van der Waals surface area contributed by atoms with Crippen molar-refractivity contribution in [2.45, 2.75) is 32.1 Å². The molecule has 0 spiro atoms. The molecule has 1 saturated carbocycles. The Morgan fingerprint density at radius 2 is 1.63 bits per heavy atom. The maximum atomic E-state index is 12.5. The van der Waals surface area contributed by atoms with E-state index >= 15 is 0 Å². The van der Waals surface area contributed by atoms with Crippen LogP contribution in [0.4, 0.5) is 17.3 Å². The van der Waals surface area contributed by atoms with Gasteiger partial charge >= 0.3 is 0 Å². The fourth-order valence-electron chi connectivity index (χ4n) is 4.01. The summed E-state index contributed by atoms with van der Waals surface area (Å²) in [6.45, 7) is 3.72. The molecular formula is C21H27N5O. The largest absolute Gasteiger partial charge is 0.368 e. The topological polar surface area (TPSA) is 61.4 Å². The van der Waals surface area contributed by atoms with Gasteiger partial charge in [0.2, 0.25) is 5.91 Å². The zero-order valence-electron chi connectivity index (χ0n) is 15.7. The average Bonchev–Trinajstić information content (AvgIpc) is 2.75. The summed E-state index contributed by atoms with van der Waals surface area (Å²) in [6.07, 6.45) is 7.08. The van der Waals surface area contributed by atoms with Crippen LogP contribution in [0.15, 0.2) is 42.7 Å². The highest BCUT2D eigenvalue weighted by Gasteiger charge is 2.22. The van der Waals surface area contributed by atoms with Crippen molar-refractivity contribution >= 4 is 23.2 Å². The molecule has 4 rings (SSSR count). The fourth-order valence-corrected chi connectivity index (χ4v) is 4.01. The minimum atomic E-state index is 0.105. The normalized spacial score (nSPS) is 18.4. The number of carbonyl (C=O) groups excluding carboxylic acids is 1. The van der Waals surface area contributed by atoms with Gasteiger partial charge in [-0.25, -0.2) is 9.97 Å². The maximum absolute atomic E-state index is 12.5. The number of hydrogen-bond donors (Lipinski definition) is 1. The maximum Gasteiger partial charge on any atom is 0.228 e. The highest BCUT2D eigenvalue weighted by atomic mass is 16.1. The van der Waals surface area contributed by atoms with E-state index in [1.807, 2.05) is 12.1 Å². The molecule has 142 valence electrons. The van der Waals surface area contributed by atoms with Crippen molar-refractivity contribution in [3.63, 3.8) is 0 Å². The smallest absolute Gasteiger partial charge is 0.228 e. The van der Waals surface area contributed by atoms with E-state index < -0.39 is 0 Å². The third kappa shape index (κ3) is 4.38. The van der Waals surface area contributed by atoms with Gasteiger partial charge in [0.1, 0.15) is 18.0 Å². The van der Waals surface area contributed by atoms with Crippen molar-refractivity contribution in [2.24, 2.45) is 5.92 Å². The lowest BCUT2D eigenvalue weighted by Crippen LogP contribution is -2.46. The molecule has 1 saturated heterocycles. The van der Waals surface area contributed by atoms with Crippen molar-refractivity contribution in [1.82, 2.24) is 9.97 Å². The molecule has 1 N–H and O–H groups in total. The van der Waals surface area contributed by atoms with Crippen LogP contribution < -0.4 is 15.1 Å². The van der Waals surface area contributed by atoms with Crippen molar-refractivity contribution in [2.75, 3.05) is 41.3 Å². The molecule has 1 aliphatic carbocycles. The summed E-state index contributed by atoms with van der Waals surface area (Å²) in [5.41, 5.74) is 1.26. The van der Waals surface area contributed by atoms with Gasteiger partial charge in [0, 0.05) is 43.9 Å². The molecule has 27 heavy (non-hydrogen) atoms. The Labute approximate surface area is 160 Å². The van der Waals surface area contributed by atoms with Gasteiger partial charge in [0.15, 0.2) is 0 Å². The van der Waals surface area contributed by atoms with Crippen LogP contribution in [0.25, 0.3) is 0 Å². The molecular weight excluding hydrogens is 338 g/mol. The first-order valence-electron chi connectivity index (χ1n) is 9.97. The molecule has 0 bridgehead atoms. The second kappa shape index (κ2) is 8.37. The molecule has 2 fully saturated rings. The molecule has 0 atom stereocenters. The number of amides is 1. The summed E-state index contributed by atoms with van der Waals surface area (Å²) in [5.74, 6) is 1.73.